The van der Waals surface area contributed by atoms with Crippen molar-refractivity contribution in [3.8, 4) is 0 Å². The van der Waals surface area contributed by atoms with E-state index in [1.165, 1.54) is 57.8 Å². The molecule has 0 aliphatic heterocycles. The first-order valence-corrected chi connectivity index (χ1v) is 7.71. The van der Waals surface area contributed by atoms with E-state index in [1.807, 2.05) is 0 Å². The van der Waals surface area contributed by atoms with Crippen molar-refractivity contribution in [2.24, 2.45) is 0 Å². The Balaban J connectivity index is -0.000000321. The fraction of sp³-hybridized carbons (Fsp3) is 0.917. The van der Waals surface area contributed by atoms with Crippen molar-refractivity contribution in [3.05, 3.63) is 6.92 Å². The summed E-state index contributed by atoms with van der Waals surface area (Å²) in [6.45, 7) is 6.12. The fourth-order valence-electron chi connectivity index (χ4n) is 1.49. The average molecular weight is 331 g/mol. The van der Waals surface area contributed by atoms with Crippen LogP contribution < -0.4 is 0 Å². The second kappa shape index (κ2) is 17.5. The van der Waals surface area contributed by atoms with Gasteiger partial charge in [-0.05, 0) is 0 Å². The van der Waals surface area contributed by atoms with Gasteiger partial charge in [0.15, 0.2) is 0 Å². The standard InChI is InChI=1S/C12H25.H2O4S.Zn/c1-3-5-7-9-11-12-10-8-6-4-2;1-5(2,3)4;/h1,3-12H2,2H3;(H2,1,2,3,4);/q-1;;+2/p-2. The van der Waals surface area contributed by atoms with Crippen molar-refractivity contribution in [2.75, 3.05) is 0 Å². The number of unbranched alkanes of at least 4 members (excludes halogenated alkanes) is 9. The van der Waals surface area contributed by atoms with Crippen LogP contribution in [0, 0.1) is 6.92 Å². The zero-order valence-electron chi connectivity index (χ0n) is 11.5. The normalized spacial score (nSPS) is 10.2. The van der Waals surface area contributed by atoms with Gasteiger partial charge in [-0.15, -0.1) is 0 Å². The van der Waals surface area contributed by atoms with E-state index in [0.717, 1.165) is 6.42 Å². The molecule has 0 atom stereocenters. The molecule has 0 unspecified atom stereocenters. The van der Waals surface area contributed by atoms with Gasteiger partial charge in [-0.2, -0.15) is 6.42 Å². The Morgan fingerprint density at radius 3 is 1.39 bits per heavy atom. The summed E-state index contributed by atoms with van der Waals surface area (Å²) in [6, 6.07) is 0. The molecule has 0 N–H and O–H groups in total. The summed E-state index contributed by atoms with van der Waals surface area (Å²) < 4.78 is 34.1. The summed E-state index contributed by atoms with van der Waals surface area (Å²) in [7, 11) is -5.17. The Morgan fingerprint density at radius 1 is 0.833 bits per heavy atom. The molecule has 0 bridgehead atoms. The number of hydrogen-bond acceptors (Lipinski definition) is 4. The van der Waals surface area contributed by atoms with Gasteiger partial charge in [0, 0.05) is 10.4 Å². The molecule has 0 aromatic rings. The van der Waals surface area contributed by atoms with Crippen LogP contribution in [0.1, 0.15) is 71.1 Å². The zero-order valence-corrected chi connectivity index (χ0v) is 15.3. The third kappa shape index (κ3) is 43.9. The molecule has 0 spiro atoms. The summed E-state index contributed by atoms with van der Waals surface area (Å²) in [5.41, 5.74) is 0. The summed E-state index contributed by atoms with van der Waals surface area (Å²) in [4.78, 5) is 0. The third-order valence-corrected chi connectivity index (χ3v) is 2.35. The predicted octanol–water partition coefficient (Wildman–Crippen LogP) is 3.40. The van der Waals surface area contributed by atoms with Gasteiger partial charge < -0.3 is 16.0 Å². The monoisotopic (exact) mass is 329 g/mol. The third-order valence-electron chi connectivity index (χ3n) is 2.35. The minimum atomic E-state index is -5.17. The van der Waals surface area contributed by atoms with E-state index in [9.17, 15) is 0 Å². The maximum Gasteiger partial charge on any atom is 2.00 e. The maximum atomic E-state index is 8.52. The molecule has 6 heteroatoms. The number of hydrogen-bond donors (Lipinski definition) is 0. The molecule has 0 aliphatic carbocycles. The van der Waals surface area contributed by atoms with E-state index in [-0.39, 0.29) is 19.5 Å². The molecule has 0 aromatic heterocycles. The molecule has 0 saturated carbocycles. The molecule has 0 saturated heterocycles. The summed E-state index contributed by atoms with van der Waals surface area (Å²) in [6.07, 6.45) is 13.9. The van der Waals surface area contributed by atoms with E-state index in [0.29, 0.717) is 0 Å². The van der Waals surface area contributed by atoms with Gasteiger partial charge >= 0.3 is 19.5 Å². The van der Waals surface area contributed by atoms with Crippen molar-refractivity contribution in [3.63, 3.8) is 0 Å². The smallest absolute Gasteiger partial charge is 0.759 e. The van der Waals surface area contributed by atoms with Crippen LogP contribution in [0.2, 0.25) is 0 Å². The molecule has 0 aromatic carbocycles. The summed E-state index contributed by atoms with van der Waals surface area (Å²) in [5.74, 6) is 0. The van der Waals surface area contributed by atoms with Crippen LogP contribution in [-0.4, -0.2) is 17.5 Å². The quantitative estimate of drug-likeness (QED) is 0.213. The van der Waals surface area contributed by atoms with Crippen molar-refractivity contribution in [2.45, 2.75) is 71.1 Å². The first kappa shape index (κ1) is 23.6. The van der Waals surface area contributed by atoms with Crippen LogP contribution in [0.5, 0.6) is 0 Å². The van der Waals surface area contributed by atoms with Crippen LogP contribution in [0.15, 0.2) is 0 Å². The van der Waals surface area contributed by atoms with Crippen LogP contribution in [-0.2, 0) is 29.9 Å². The van der Waals surface area contributed by atoms with Crippen molar-refractivity contribution in [1.29, 1.82) is 0 Å². The van der Waals surface area contributed by atoms with E-state index in [2.05, 4.69) is 13.8 Å². The minimum Gasteiger partial charge on any atom is -0.759 e. The molecule has 0 fully saturated rings. The van der Waals surface area contributed by atoms with Crippen LogP contribution >= 0.6 is 0 Å². The van der Waals surface area contributed by atoms with Crippen molar-refractivity contribution >= 4 is 10.4 Å². The summed E-state index contributed by atoms with van der Waals surface area (Å²) in [5, 5.41) is 0. The van der Waals surface area contributed by atoms with Crippen LogP contribution in [0.4, 0.5) is 0 Å². The predicted molar refractivity (Wildman–Crippen MR) is 67.7 cm³/mol. The average Bonchev–Trinajstić information content (AvgIpc) is 2.20. The van der Waals surface area contributed by atoms with Gasteiger partial charge in [0.1, 0.15) is 0 Å². The van der Waals surface area contributed by atoms with Gasteiger partial charge in [-0.25, -0.2) is 0 Å². The van der Waals surface area contributed by atoms with E-state index < -0.39 is 10.4 Å². The Bertz CT molecular complexity index is 212. The van der Waals surface area contributed by atoms with E-state index in [1.54, 1.807) is 0 Å². The van der Waals surface area contributed by atoms with Crippen LogP contribution in [0.25, 0.3) is 0 Å². The Labute approximate surface area is 125 Å². The molecule has 4 nitrogen and oxygen atoms in total. The molecular formula is C12H25O4SZn-. The van der Waals surface area contributed by atoms with Crippen molar-refractivity contribution < 1.29 is 37.0 Å². The maximum absolute atomic E-state index is 8.52. The first-order valence-electron chi connectivity index (χ1n) is 6.37. The number of rotatable bonds is 9. The Morgan fingerprint density at radius 2 is 1.11 bits per heavy atom. The van der Waals surface area contributed by atoms with Gasteiger partial charge in [0.25, 0.3) is 0 Å². The fourth-order valence-corrected chi connectivity index (χ4v) is 1.49. The van der Waals surface area contributed by atoms with Gasteiger partial charge in [0.05, 0.1) is 0 Å². The van der Waals surface area contributed by atoms with Crippen molar-refractivity contribution in [1.82, 2.24) is 0 Å². The molecule has 0 aliphatic rings. The summed E-state index contributed by atoms with van der Waals surface area (Å²) >= 11 is 0. The topological polar surface area (TPSA) is 80.3 Å². The van der Waals surface area contributed by atoms with Crippen LogP contribution in [0.3, 0.4) is 0 Å². The van der Waals surface area contributed by atoms with Gasteiger partial charge in [-0.3, -0.25) is 8.42 Å². The van der Waals surface area contributed by atoms with E-state index in [4.69, 9.17) is 17.5 Å². The zero-order chi connectivity index (χ0) is 13.6. The molecular weight excluding hydrogens is 306 g/mol. The SMILES string of the molecule is O=S(=O)([O-])[O-].[CH2-]CCCCCCCCCCC.[Zn+2]. The van der Waals surface area contributed by atoms with E-state index >= 15 is 0 Å². The molecule has 0 rings (SSSR count). The second-order valence-electron chi connectivity index (χ2n) is 4.09. The Hall–Kier alpha value is 0.493. The second-order valence-corrected chi connectivity index (χ2v) is 4.91. The molecule has 0 radical (unpaired) electrons. The molecule has 18 heavy (non-hydrogen) atoms. The first-order chi connectivity index (χ1) is 7.91. The molecule has 0 amide bonds. The molecule has 106 valence electrons. The van der Waals surface area contributed by atoms with Gasteiger partial charge in [0.2, 0.25) is 0 Å². The minimum absolute atomic E-state index is 0. The Kier molecular flexibility index (Phi) is 22.9. The molecule has 0 heterocycles. The van der Waals surface area contributed by atoms with Gasteiger partial charge in [-0.1, -0.05) is 64.7 Å². The largest absolute Gasteiger partial charge is 2.00 e.